The lowest BCUT2D eigenvalue weighted by Gasteiger charge is -2.25. The average Bonchev–Trinajstić information content (AvgIpc) is 3.34. The molecule has 0 saturated carbocycles. The Balaban J connectivity index is 1.77. The van der Waals surface area contributed by atoms with Gasteiger partial charge >= 0.3 is 6.18 Å². The molecule has 11 nitrogen and oxygen atoms in total. The minimum atomic E-state index is -4.74. The Hall–Kier alpha value is -4.59. The van der Waals surface area contributed by atoms with Crippen LogP contribution in [-0.4, -0.2) is 79.5 Å². The van der Waals surface area contributed by atoms with Crippen molar-refractivity contribution >= 4 is 40.3 Å². The molecule has 0 spiro atoms. The number of benzene rings is 2. The number of methoxy groups -OCH3 is 2. The molecule has 0 aliphatic heterocycles. The normalized spacial score (nSPS) is 11.5. The van der Waals surface area contributed by atoms with Crippen LogP contribution in [0.15, 0.2) is 42.7 Å². The summed E-state index contributed by atoms with van der Waals surface area (Å²) in [4.78, 5) is 23.4. The number of anilines is 4. The molecule has 4 rings (SSSR count). The first kappa shape index (κ1) is 28.4. The molecule has 212 valence electrons. The molecule has 1 amide bonds. The fourth-order valence-corrected chi connectivity index (χ4v) is 4.02. The Morgan fingerprint density at radius 2 is 1.80 bits per heavy atom. The van der Waals surface area contributed by atoms with Crippen molar-refractivity contribution < 1.29 is 27.4 Å². The quantitative estimate of drug-likeness (QED) is 0.262. The van der Waals surface area contributed by atoms with Crippen LogP contribution in [-0.2, 0) is 11.0 Å². The highest BCUT2D eigenvalue weighted by Crippen LogP contribution is 2.39. The van der Waals surface area contributed by atoms with Gasteiger partial charge in [-0.15, -0.1) is 0 Å². The van der Waals surface area contributed by atoms with Gasteiger partial charge in [-0.2, -0.15) is 23.3 Å². The molecule has 40 heavy (non-hydrogen) atoms. The maximum Gasteiger partial charge on any atom is 0.421 e. The molecule has 0 bridgehead atoms. The van der Waals surface area contributed by atoms with E-state index in [2.05, 4.69) is 25.7 Å². The third kappa shape index (κ3) is 6.01. The number of rotatable bonds is 11. The van der Waals surface area contributed by atoms with E-state index < -0.39 is 17.6 Å². The van der Waals surface area contributed by atoms with Gasteiger partial charge < -0.3 is 29.9 Å². The highest BCUT2D eigenvalue weighted by molar-refractivity contribution is 5.87. The Bertz CT molecular complexity index is 1510. The molecule has 2 heterocycles. The summed E-state index contributed by atoms with van der Waals surface area (Å²) in [5.41, 5.74) is 0.808. The molecule has 0 radical (unpaired) electrons. The summed E-state index contributed by atoms with van der Waals surface area (Å²) in [7, 11) is 8.73. The van der Waals surface area contributed by atoms with Crippen LogP contribution < -0.4 is 25.0 Å². The molecule has 4 aromatic rings. The van der Waals surface area contributed by atoms with E-state index in [0.717, 1.165) is 11.2 Å². The second-order valence-corrected chi connectivity index (χ2v) is 9.09. The molecule has 0 fully saturated rings. The Morgan fingerprint density at radius 3 is 2.45 bits per heavy atom. The largest absolute Gasteiger partial charge is 0.497 e. The number of carbonyl (C=O) groups excluding carboxylic acids is 1. The van der Waals surface area contributed by atoms with Crippen molar-refractivity contribution in [1.29, 1.82) is 0 Å². The van der Waals surface area contributed by atoms with Crippen molar-refractivity contribution in [2.75, 3.05) is 64.0 Å². The summed E-state index contributed by atoms with van der Waals surface area (Å²) in [5, 5.41) is 10.3. The lowest BCUT2D eigenvalue weighted by molar-refractivity contribution is -0.138. The number of carbonyl (C=O) groups is 1. The van der Waals surface area contributed by atoms with Crippen LogP contribution in [0.5, 0.6) is 11.5 Å². The topological polar surface area (TPSA) is 110 Å². The second-order valence-electron chi connectivity index (χ2n) is 9.09. The fraction of sp³-hybridized carbons (Fsp3) is 0.308. The van der Waals surface area contributed by atoms with Crippen molar-refractivity contribution in [2.45, 2.75) is 6.18 Å². The number of aromatic nitrogens is 4. The van der Waals surface area contributed by atoms with E-state index in [1.807, 2.05) is 30.9 Å². The minimum Gasteiger partial charge on any atom is -0.497 e. The van der Waals surface area contributed by atoms with Crippen molar-refractivity contribution in [1.82, 2.24) is 24.6 Å². The van der Waals surface area contributed by atoms with Crippen LogP contribution >= 0.6 is 0 Å². The number of amides is 1. The van der Waals surface area contributed by atoms with E-state index in [0.29, 0.717) is 58.6 Å². The third-order valence-electron chi connectivity index (χ3n) is 6.12. The number of hydrogen-bond donors (Lipinski definition) is 2. The lowest BCUT2D eigenvalue weighted by atomic mass is 10.2. The lowest BCUT2D eigenvalue weighted by Crippen LogP contribution is -2.29. The summed E-state index contributed by atoms with van der Waals surface area (Å²) >= 11 is 0. The van der Waals surface area contributed by atoms with Crippen molar-refractivity contribution in [3.63, 3.8) is 0 Å². The van der Waals surface area contributed by atoms with E-state index in [9.17, 15) is 18.0 Å². The maximum absolute atomic E-state index is 14.0. The van der Waals surface area contributed by atoms with Crippen LogP contribution in [0.4, 0.5) is 36.2 Å². The van der Waals surface area contributed by atoms with Gasteiger partial charge in [-0.3, -0.25) is 4.79 Å². The van der Waals surface area contributed by atoms with Crippen molar-refractivity contribution in [3.8, 4) is 17.3 Å². The number of halogens is 3. The van der Waals surface area contributed by atoms with E-state index in [1.54, 1.807) is 30.3 Å². The number of fused-ring (bicyclic) bond motifs is 1. The fourth-order valence-electron chi connectivity index (χ4n) is 4.02. The van der Waals surface area contributed by atoms with Gasteiger partial charge in [-0.25, -0.2) is 9.67 Å². The average molecular weight is 559 g/mol. The molecule has 2 aromatic heterocycles. The first-order valence-corrected chi connectivity index (χ1v) is 12.1. The van der Waals surface area contributed by atoms with Crippen LogP contribution in [0.25, 0.3) is 16.7 Å². The molecular formula is C26H29F3N8O3. The van der Waals surface area contributed by atoms with Gasteiger partial charge in [0.2, 0.25) is 12.4 Å². The Kier molecular flexibility index (Phi) is 8.28. The number of alkyl halides is 3. The molecule has 0 aliphatic rings. The second kappa shape index (κ2) is 11.7. The van der Waals surface area contributed by atoms with Crippen LogP contribution in [0.2, 0.25) is 0 Å². The molecule has 0 unspecified atom stereocenters. The van der Waals surface area contributed by atoms with Crippen LogP contribution in [0, 0.1) is 0 Å². The van der Waals surface area contributed by atoms with Crippen LogP contribution in [0.3, 0.4) is 0 Å². The van der Waals surface area contributed by atoms with Crippen molar-refractivity contribution in [2.24, 2.45) is 0 Å². The van der Waals surface area contributed by atoms with Crippen LogP contribution in [0.1, 0.15) is 5.56 Å². The highest BCUT2D eigenvalue weighted by atomic mass is 19.4. The van der Waals surface area contributed by atoms with Gasteiger partial charge in [0.15, 0.2) is 5.82 Å². The summed E-state index contributed by atoms with van der Waals surface area (Å²) < 4.78 is 53.8. The first-order chi connectivity index (χ1) is 19.0. The van der Waals surface area contributed by atoms with E-state index in [-0.39, 0.29) is 5.95 Å². The minimum absolute atomic E-state index is 0.135. The van der Waals surface area contributed by atoms with Gasteiger partial charge in [0.05, 0.1) is 43.0 Å². The third-order valence-corrected chi connectivity index (χ3v) is 6.12. The predicted molar refractivity (Wildman–Crippen MR) is 146 cm³/mol. The maximum atomic E-state index is 14.0. The first-order valence-electron chi connectivity index (χ1n) is 12.1. The predicted octanol–water partition coefficient (Wildman–Crippen LogP) is 4.16. The standard InChI is InChI=1S/C26H29F3N8O3/c1-35(2)8-9-36(3)22-12-23(40-5)20(11-19(22)31-15-38)33-25-30-14-18(26(27,28)29)24(34-25)37-21-7-6-17(39-4)10-16(21)13-32-37/h6-7,10-15H,8-9H2,1-5H3,(H,31,38)(H,30,33,34). The Labute approximate surface area is 228 Å². The molecule has 0 saturated heterocycles. The number of nitrogens with zero attached hydrogens (tertiary/aromatic N) is 6. The summed E-state index contributed by atoms with van der Waals surface area (Å²) in [6.45, 7) is 1.42. The molecule has 2 N–H and O–H groups in total. The zero-order chi connectivity index (χ0) is 29.0. The van der Waals surface area contributed by atoms with Gasteiger partial charge in [0, 0.05) is 37.8 Å². The van der Waals surface area contributed by atoms with Crippen molar-refractivity contribution in [3.05, 3.63) is 48.3 Å². The SMILES string of the molecule is COc1ccc2c(cnn2-c2nc(Nc3cc(NC=O)c(N(C)CCN(C)C)cc3OC)ncc2C(F)(F)F)c1. The highest BCUT2D eigenvalue weighted by Gasteiger charge is 2.36. The van der Waals surface area contributed by atoms with Gasteiger partial charge in [-0.05, 0) is 38.4 Å². The zero-order valence-electron chi connectivity index (χ0n) is 22.6. The molecular weight excluding hydrogens is 529 g/mol. The molecule has 0 aliphatic carbocycles. The monoisotopic (exact) mass is 558 g/mol. The number of ether oxygens (including phenoxy) is 2. The van der Waals surface area contributed by atoms with E-state index in [1.165, 1.54) is 20.4 Å². The van der Waals surface area contributed by atoms with Gasteiger partial charge in [-0.1, -0.05) is 0 Å². The summed E-state index contributed by atoms with van der Waals surface area (Å²) in [6, 6.07) is 8.20. The summed E-state index contributed by atoms with van der Waals surface area (Å²) in [5.74, 6) is 0.306. The van der Waals surface area contributed by atoms with E-state index >= 15 is 0 Å². The van der Waals surface area contributed by atoms with Gasteiger partial charge in [0.25, 0.3) is 0 Å². The number of likely N-dealkylation sites (N-methyl/N-ethyl adjacent to an activating group) is 2. The number of hydrogen-bond acceptors (Lipinski definition) is 9. The van der Waals surface area contributed by atoms with Gasteiger partial charge in [0.1, 0.15) is 17.1 Å². The molecule has 14 heteroatoms. The number of nitrogens with one attached hydrogen (secondary N) is 2. The zero-order valence-corrected chi connectivity index (χ0v) is 22.6. The molecule has 0 atom stereocenters. The molecule has 2 aromatic carbocycles. The summed E-state index contributed by atoms with van der Waals surface area (Å²) in [6.07, 6.45) is -2.07. The van der Waals surface area contributed by atoms with E-state index in [4.69, 9.17) is 9.47 Å². The smallest absolute Gasteiger partial charge is 0.421 e. The Morgan fingerprint density at radius 1 is 1.02 bits per heavy atom.